The van der Waals surface area contributed by atoms with Crippen molar-refractivity contribution in [3.63, 3.8) is 0 Å². The van der Waals surface area contributed by atoms with E-state index in [-0.39, 0.29) is 0 Å². The van der Waals surface area contributed by atoms with Crippen molar-refractivity contribution < 1.29 is 9.47 Å². The minimum Gasteiger partial charge on any atom is -0.383 e. The summed E-state index contributed by atoms with van der Waals surface area (Å²) in [4.78, 5) is 10.9. The van der Waals surface area contributed by atoms with Crippen LogP contribution >= 0.6 is 0 Å². The Bertz CT molecular complexity index is 367. The molecule has 0 aliphatic carbocycles. The number of aryl methyl sites for hydroxylation is 1. The van der Waals surface area contributed by atoms with Gasteiger partial charge in [-0.05, 0) is 6.92 Å². The van der Waals surface area contributed by atoms with Gasteiger partial charge in [0.25, 0.3) is 0 Å². The molecule has 7 heteroatoms. The van der Waals surface area contributed by atoms with Crippen molar-refractivity contribution in [2.24, 2.45) is 5.84 Å². The second-order valence-corrected chi connectivity index (χ2v) is 4.22. The number of aromatic nitrogens is 2. The Balaban J connectivity index is 2.67. The third-order valence-corrected chi connectivity index (χ3v) is 2.64. The molecule has 19 heavy (non-hydrogen) atoms. The second-order valence-electron chi connectivity index (χ2n) is 4.22. The van der Waals surface area contributed by atoms with Crippen LogP contribution in [0.3, 0.4) is 0 Å². The van der Waals surface area contributed by atoms with Gasteiger partial charge in [0.2, 0.25) is 0 Å². The first kappa shape index (κ1) is 15.8. The Kier molecular flexibility index (Phi) is 7.27. The maximum absolute atomic E-state index is 5.38. The Morgan fingerprint density at radius 1 is 1.21 bits per heavy atom. The first-order valence-electron chi connectivity index (χ1n) is 6.21. The van der Waals surface area contributed by atoms with Gasteiger partial charge < -0.3 is 14.9 Å². The summed E-state index contributed by atoms with van der Waals surface area (Å²) in [7, 11) is 3.38. The van der Waals surface area contributed by atoms with Crippen LogP contribution in [0.2, 0.25) is 0 Å². The highest BCUT2D eigenvalue weighted by Gasteiger charge is 2.09. The summed E-state index contributed by atoms with van der Waals surface area (Å²) in [6.45, 7) is 5.50. The number of nitrogens with one attached hydrogen (secondary N) is 1. The van der Waals surface area contributed by atoms with Crippen molar-refractivity contribution in [2.45, 2.75) is 13.5 Å². The van der Waals surface area contributed by atoms with Gasteiger partial charge in [-0.15, -0.1) is 0 Å². The van der Waals surface area contributed by atoms with Gasteiger partial charge in [-0.25, -0.2) is 15.8 Å². The summed E-state index contributed by atoms with van der Waals surface area (Å²) >= 11 is 0. The van der Waals surface area contributed by atoms with Gasteiger partial charge in [-0.2, -0.15) is 0 Å². The summed E-state index contributed by atoms with van der Waals surface area (Å²) in [6, 6.07) is 1.80. The molecule has 0 aliphatic heterocycles. The average Bonchev–Trinajstić information content (AvgIpc) is 2.41. The number of anilines is 1. The van der Waals surface area contributed by atoms with Gasteiger partial charge in [0.05, 0.1) is 19.8 Å². The Morgan fingerprint density at radius 3 is 2.37 bits per heavy atom. The Labute approximate surface area is 114 Å². The molecule has 7 nitrogen and oxygen atoms in total. The van der Waals surface area contributed by atoms with Gasteiger partial charge in [0, 0.05) is 39.1 Å². The number of hydrazine groups is 1. The first-order valence-corrected chi connectivity index (χ1v) is 6.21. The van der Waals surface area contributed by atoms with Crippen LogP contribution in [0, 0.1) is 6.92 Å². The summed E-state index contributed by atoms with van der Waals surface area (Å²) in [5.41, 5.74) is 3.43. The lowest BCUT2D eigenvalue weighted by Gasteiger charge is -2.21. The van der Waals surface area contributed by atoms with E-state index in [2.05, 4.69) is 20.3 Å². The van der Waals surface area contributed by atoms with Gasteiger partial charge in [0.1, 0.15) is 11.6 Å². The van der Waals surface area contributed by atoms with E-state index in [1.54, 1.807) is 20.3 Å². The third-order valence-electron chi connectivity index (χ3n) is 2.64. The number of hydrogen-bond acceptors (Lipinski definition) is 7. The van der Waals surface area contributed by atoms with Gasteiger partial charge in [0.15, 0.2) is 0 Å². The molecule has 0 spiro atoms. The monoisotopic (exact) mass is 269 g/mol. The highest BCUT2D eigenvalue weighted by Crippen LogP contribution is 2.07. The number of hydrogen-bond donors (Lipinski definition) is 2. The van der Waals surface area contributed by atoms with E-state index in [0.717, 1.165) is 24.6 Å². The number of rotatable bonds is 9. The fraction of sp³-hybridized carbons (Fsp3) is 0.667. The van der Waals surface area contributed by atoms with E-state index in [1.807, 2.05) is 6.92 Å². The molecule has 1 rings (SSSR count). The molecule has 0 saturated carbocycles. The Hall–Kier alpha value is -1.28. The van der Waals surface area contributed by atoms with Crippen LogP contribution in [0.5, 0.6) is 0 Å². The number of nitrogens with zero attached hydrogens (tertiary/aromatic N) is 3. The van der Waals surface area contributed by atoms with E-state index in [9.17, 15) is 0 Å². The molecule has 0 unspecified atom stereocenters. The zero-order valence-corrected chi connectivity index (χ0v) is 11.8. The molecule has 1 heterocycles. The van der Waals surface area contributed by atoms with Crippen molar-refractivity contribution >= 4 is 5.82 Å². The van der Waals surface area contributed by atoms with Crippen LogP contribution in [0.15, 0.2) is 6.07 Å². The Morgan fingerprint density at radius 2 is 1.84 bits per heavy atom. The lowest BCUT2D eigenvalue weighted by molar-refractivity contribution is 0.109. The van der Waals surface area contributed by atoms with Crippen LogP contribution in [0.1, 0.15) is 11.5 Å². The molecular weight excluding hydrogens is 246 g/mol. The molecule has 108 valence electrons. The molecule has 0 bridgehead atoms. The maximum Gasteiger partial charge on any atom is 0.145 e. The fourth-order valence-electron chi connectivity index (χ4n) is 1.69. The minimum atomic E-state index is 0.626. The van der Waals surface area contributed by atoms with Crippen molar-refractivity contribution in [1.29, 1.82) is 0 Å². The summed E-state index contributed by atoms with van der Waals surface area (Å²) in [5, 5.41) is 0. The predicted octanol–water partition coefficient (Wildman–Crippen LogP) is 0.165. The van der Waals surface area contributed by atoms with Crippen molar-refractivity contribution in [3.05, 3.63) is 17.6 Å². The number of methoxy groups -OCH3 is 2. The molecule has 0 radical (unpaired) electrons. The van der Waals surface area contributed by atoms with E-state index < -0.39 is 0 Å². The highest BCUT2D eigenvalue weighted by molar-refractivity contribution is 5.33. The largest absolute Gasteiger partial charge is 0.383 e. The molecular formula is C12H23N5O2. The van der Waals surface area contributed by atoms with Gasteiger partial charge in [-0.3, -0.25) is 4.90 Å². The second kappa shape index (κ2) is 8.76. The van der Waals surface area contributed by atoms with E-state index in [1.165, 1.54) is 0 Å². The number of nitrogens with two attached hydrogens (primary N) is 1. The molecule has 0 aromatic carbocycles. The molecule has 0 atom stereocenters. The molecule has 3 N–H and O–H groups in total. The fourth-order valence-corrected chi connectivity index (χ4v) is 1.69. The van der Waals surface area contributed by atoms with Gasteiger partial charge in [-0.1, -0.05) is 0 Å². The molecule has 1 aromatic rings. The van der Waals surface area contributed by atoms with E-state index in [4.69, 9.17) is 15.3 Å². The lowest BCUT2D eigenvalue weighted by atomic mass is 10.4. The van der Waals surface area contributed by atoms with Crippen molar-refractivity contribution in [1.82, 2.24) is 14.9 Å². The maximum atomic E-state index is 5.38. The average molecular weight is 269 g/mol. The predicted molar refractivity (Wildman–Crippen MR) is 73.6 cm³/mol. The van der Waals surface area contributed by atoms with Crippen LogP contribution in [0.25, 0.3) is 0 Å². The van der Waals surface area contributed by atoms with Crippen LogP contribution in [-0.4, -0.2) is 55.4 Å². The number of ether oxygens (including phenoxy) is 2. The van der Waals surface area contributed by atoms with E-state index >= 15 is 0 Å². The van der Waals surface area contributed by atoms with Crippen molar-refractivity contribution in [3.8, 4) is 0 Å². The van der Waals surface area contributed by atoms with Crippen molar-refractivity contribution in [2.75, 3.05) is 45.9 Å². The molecule has 0 aliphatic rings. The van der Waals surface area contributed by atoms with Gasteiger partial charge >= 0.3 is 0 Å². The molecule has 0 amide bonds. The highest BCUT2D eigenvalue weighted by atomic mass is 16.5. The number of nitrogen functional groups attached to an aromatic ring is 1. The summed E-state index contributed by atoms with van der Waals surface area (Å²) in [5.74, 6) is 6.75. The zero-order valence-electron chi connectivity index (χ0n) is 11.8. The summed E-state index contributed by atoms with van der Waals surface area (Å²) in [6.07, 6.45) is 0. The molecule has 0 saturated heterocycles. The topological polar surface area (TPSA) is 85.5 Å². The van der Waals surface area contributed by atoms with Crippen LogP contribution < -0.4 is 11.3 Å². The first-order chi connectivity index (χ1) is 9.19. The lowest BCUT2D eigenvalue weighted by Crippen LogP contribution is -2.31. The standard InChI is InChI=1S/C12H23N5O2/c1-10-8-11(16-13)15-12(14-10)9-17(4-6-18-2)5-7-19-3/h8H,4-7,9,13H2,1-3H3,(H,14,15,16). The SMILES string of the molecule is COCCN(CCOC)Cc1nc(C)cc(NN)n1. The normalized spacial score (nSPS) is 11.0. The smallest absolute Gasteiger partial charge is 0.145 e. The minimum absolute atomic E-state index is 0.626. The van der Waals surface area contributed by atoms with Crippen LogP contribution in [-0.2, 0) is 16.0 Å². The molecule has 0 fully saturated rings. The summed E-state index contributed by atoms with van der Waals surface area (Å²) < 4.78 is 10.2. The molecule has 1 aromatic heterocycles. The zero-order chi connectivity index (χ0) is 14.1. The third kappa shape index (κ3) is 5.93. The van der Waals surface area contributed by atoms with E-state index in [0.29, 0.717) is 25.6 Å². The van der Waals surface area contributed by atoms with Crippen LogP contribution in [0.4, 0.5) is 5.82 Å². The quantitative estimate of drug-likeness (QED) is 0.488.